The Labute approximate surface area is 89.1 Å². The van der Waals surface area contributed by atoms with Gasteiger partial charge in [0.05, 0.1) is 0 Å². The quantitative estimate of drug-likeness (QED) is 0.643. The van der Waals surface area contributed by atoms with Crippen molar-refractivity contribution in [3.8, 4) is 0 Å². The summed E-state index contributed by atoms with van der Waals surface area (Å²) in [6.45, 7) is 6.92. The fourth-order valence-corrected chi connectivity index (χ4v) is 1.97. The number of rotatable bonds is 8. The van der Waals surface area contributed by atoms with E-state index in [2.05, 4.69) is 31.1 Å². The Bertz CT molecular complexity index is 143. The second kappa shape index (κ2) is 6.41. The highest BCUT2D eigenvalue weighted by Crippen LogP contribution is 2.25. The van der Waals surface area contributed by atoms with Crippen molar-refractivity contribution in [2.24, 2.45) is 0 Å². The Hall–Kier alpha value is -0.0800. The third-order valence-corrected chi connectivity index (χ3v) is 3.00. The molecule has 0 spiro atoms. The molecule has 2 heteroatoms. The molecule has 1 aliphatic rings. The van der Waals surface area contributed by atoms with E-state index in [1.807, 2.05) is 0 Å². The molecule has 0 amide bonds. The molecule has 84 valence electrons. The average Bonchev–Trinajstić information content (AvgIpc) is 2.97. The number of nitrogens with zero attached hydrogens (tertiary/aromatic N) is 1. The second-order valence-corrected chi connectivity index (χ2v) is 4.61. The van der Waals surface area contributed by atoms with Crippen LogP contribution in [-0.4, -0.2) is 37.1 Å². The van der Waals surface area contributed by atoms with Crippen molar-refractivity contribution in [3.63, 3.8) is 0 Å². The lowest BCUT2D eigenvalue weighted by Crippen LogP contribution is -2.40. The van der Waals surface area contributed by atoms with Crippen LogP contribution in [-0.2, 0) is 0 Å². The van der Waals surface area contributed by atoms with Gasteiger partial charge in [-0.05, 0) is 39.3 Å². The molecule has 14 heavy (non-hydrogen) atoms. The first-order valence-electron chi connectivity index (χ1n) is 6.21. The molecule has 1 aliphatic carbocycles. The van der Waals surface area contributed by atoms with Crippen LogP contribution < -0.4 is 5.32 Å². The molecule has 1 unspecified atom stereocenters. The average molecular weight is 198 g/mol. The number of hydrogen-bond donors (Lipinski definition) is 1. The molecule has 0 aromatic heterocycles. The molecule has 0 aliphatic heterocycles. The summed E-state index contributed by atoms with van der Waals surface area (Å²) in [5.74, 6) is 0. The molecule has 1 rings (SSSR count). The summed E-state index contributed by atoms with van der Waals surface area (Å²) in [6.07, 6.45) is 6.69. The first-order chi connectivity index (χ1) is 6.77. The van der Waals surface area contributed by atoms with Crippen LogP contribution in [0.2, 0.25) is 0 Å². The van der Waals surface area contributed by atoms with E-state index in [0.717, 1.165) is 6.04 Å². The lowest BCUT2D eigenvalue weighted by Gasteiger charge is -2.24. The van der Waals surface area contributed by atoms with Crippen LogP contribution in [0.4, 0.5) is 0 Å². The minimum Gasteiger partial charge on any atom is -0.313 e. The summed E-state index contributed by atoms with van der Waals surface area (Å²) < 4.78 is 0. The van der Waals surface area contributed by atoms with E-state index >= 15 is 0 Å². The largest absolute Gasteiger partial charge is 0.313 e. The Morgan fingerprint density at radius 3 is 2.50 bits per heavy atom. The van der Waals surface area contributed by atoms with Crippen LogP contribution >= 0.6 is 0 Å². The molecule has 1 saturated carbocycles. The molecule has 0 aromatic carbocycles. The lowest BCUT2D eigenvalue weighted by molar-refractivity contribution is 0.271. The highest BCUT2D eigenvalue weighted by atomic mass is 15.2. The van der Waals surface area contributed by atoms with Crippen LogP contribution in [0.5, 0.6) is 0 Å². The van der Waals surface area contributed by atoms with Gasteiger partial charge in [-0.2, -0.15) is 0 Å². The van der Waals surface area contributed by atoms with Gasteiger partial charge in [-0.15, -0.1) is 0 Å². The van der Waals surface area contributed by atoms with Gasteiger partial charge in [0, 0.05) is 18.6 Å². The normalized spacial score (nSPS) is 18.9. The van der Waals surface area contributed by atoms with Crippen molar-refractivity contribution in [2.75, 3.05) is 20.1 Å². The molecule has 0 heterocycles. The maximum Gasteiger partial charge on any atom is 0.0194 e. The van der Waals surface area contributed by atoms with Gasteiger partial charge in [0.1, 0.15) is 0 Å². The Morgan fingerprint density at radius 1 is 1.29 bits per heavy atom. The van der Waals surface area contributed by atoms with Gasteiger partial charge in [0.2, 0.25) is 0 Å². The number of hydrogen-bond acceptors (Lipinski definition) is 2. The summed E-state index contributed by atoms with van der Waals surface area (Å²) in [6, 6.07) is 1.61. The van der Waals surface area contributed by atoms with Crippen molar-refractivity contribution in [1.29, 1.82) is 0 Å². The fourth-order valence-electron chi connectivity index (χ4n) is 1.97. The van der Waals surface area contributed by atoms with Gasteiger partial charge < -0.3 is 10.2 Å². The minimum atomic E-state index is 0.713. The van der Waals surface area contributed by atoms with Gasteiger partial charge in [0.25, 0.3) is 0 Å². The zero-order valence-corrected chi connectivity index (χ0v) is 10.1. The second-order valence-electron chi connectivity index (χ2n) is 4.61. The standard InChI is InChI=1S/C12H26N2/c1-4-6-11(13-9-5-2)10-14(3)12-7-8-12/h11-13H,4-10H2,1-3H3. The van der Waals surface area contributed by atoms with Crippen molar-refractivity contribution >= 4 is 0 Å². The Balaban J connectivity index is 2.18. The zero-order chi connectivity index (χ0) is 10.4. The van der Waals surface area contributed by atoms with E-state index in [9.17, 15) is 0 Å². The SMILES string of the molecule is CCCNC(CCC)CN(C)C1CC1. The van der Waals surface area contributed by atoms with Crippen LogP contribution in [0.3, 0.4) is 0 Å². The molecular formula is C12H26N2. The zero-order valence-electron chi connectivity index (χ0n) is 10.1. The van der Waals surface area contributed by atoms with Crippen molar-refractivity contribution in [1.82, 2.24) is 10.2 Å². The van der Waals surface area contributed by atoms with Crippen molar-refractivity contribution < 1.29 is 0 Å². The van der Waals surface area contributed by atoms with E-state index in [4.69, 9.17) is 0 Å². The Morgan fingerprint density at radius 2 is 2.00 bits per heavy atom. The number of likely N-dealkylation sites (N-methyl/N-ethyl adjacent to an activating group) is 1. The minimum absolute atomic E-state index is 0.713. The molecule has 0 aromatic rings. The van der Waals surface area contributed by atoms with Crippen molar-refractivity contribution in [3.05, 3.63) is 0 Å². The topological polar surface area (TPSA) is 15.3 Å². The van der Waals surface area contributed by atoms with Gasteiger partial charge in [-0.3, -0.25) is 0 Å². The monoisotopic (exact) mass is 198 g/mol. The molecule has 1 atom stereocenters. The first-order valence-corrected chi connectivity index (χ1v) is 6.21. The van der Waals surface area contributed by atoms with E-state index in [1.54, 1.807) is 0 Å². The predicted molar refractivity (Wildman–Crippen MR) is 62.6 cm³/mol. The van der Waals surface area contributed by atoms with Crippen molar-refractivity contribution in [2.45, 2.75) is 58.0 Å². The molecule has 0 saturated heterocycles. The van der Waals surface area contributed by atoms with Gasteiger partial charge in [-0.25, -0.2) is 0 Å². The van der Waals surface area contributed by atoms with Crippen LogP contribution in [0.25, 0.3) is 0 Å². The Kier molecular flexibility index (Phi) is 5.49. The van der Waals surface area contributed by atoms with E-state index in [0.29, 0.717) is 6.04 Å². The summed E-state index contributed by atoms with van der Waals surface area (Å²) in [4.78, 5) is 2.53. The van der Waals surface area contributed by atoms with Gasteiger partial charge in [0.15, 0.2) is 0 Å². The van der Waals surface area contributed by atoms with E-state index < -0.39 is 0 Å². The molecule has 0 bridgehead atoms. The highest BCUT2D eigenvalue weighted by Gasteiger charge is 2.27. The molecule has 1 N–H and O–H groups in total. The maximum absolute atomic E-state index is 3.64. The van der Waals surface area contributed by atoms with Crippen LogP contribution in [0.1, 0.15) is 46.0 Å². The summed E-state index contributed by atoms with van der Waals surface area (Å²) >= 11 is 0. The van der Waals surface area contributed by atoms with Crippen LogP contribution in [0.15, 0.2) is 0 Å². The molecule has 1 fully saturated rings. The van der Waals surface area contributed by atoms with Gasteiger partial charge >= 0.3 is 0 Å². The fraction of sp³-hybridized carbons (Fsp3) is 1.00. The maximum atomic E-state index is 3.64. The summed E-state index contributed by atoms with van der Waals surface area (Å²) in [7, 11) is 2.27. The molecule has 0 radical (unpaired) electrons. The lowest BCUT2D eigenvalue weighted by atomic mass is 10.1. The van der Waals surface area contributed by atoms with Crippen LogP contribution in [0, 0.1) is 0 Å². The molecular weight excluding hydrogens is 172 g/mol. The first kappa shape index (κ1) is 12.0. The third kappa shape index (κ3) is 4.43. The highest BCUT2D eigenvalue weighted by molar-refractivity contribution is 4.84. The number of nitrogens with one attached hydrogen (secondary N) is 1. The molecule has 2 nitrogen and oxygen atoms in total. The smallest absolute Gasteiger partial charge is 0.0194 e. The summed E-state index contributed by atoms with van der Waals surface area (Å²) in [5.41, 5.74) is 0. The predicted octanol–water partition coefficient (Wildman–Crippen LogP) is 2.25. The van der Waals surface area contributed by atoms with E-state index in [1.165, 1.54) is 45.2 Å². The summed E-state index contributed by atoms with van der Waals surface area (Å²) in [5, 5.41) is 3.64. The van der Waals surface area contributed by atoms with E-state index in [-0.39, 0.29) is 0 Å². The van der Waals surface area contributed by atoms with Gasteiger partial charge in [-0.1, -0.05) is 20.3 Å². The third-order valence-electron chi connectivity index (χ3n) is 3.00.